The van der Waals surface area contributed by atoms with Crippen LogP contribution < -0.4 is 9.47 Å². The number of hydrogen-bond acceptors (Lipinski definition) is 3. The summed E-state index contributed by atoms with van der Waals surface area (Å²) < 4.78 is 11.5. The summed E-state index contributed by atoms with van der Waals surface area (Å²) >= 11 is 0. The Morgan fingerprint density at radius 3 is 2.59 bits per heavy atom. The largest absolute Gasteiger partial charge is 0.494 e. The molecule has 1 N–H and O–H groups in total. The Morgan fingerprint density at radius 2 is 1.75 bits per heavy atom. The normalized spacial score (nSPS) is 15.4. The van der Waals surface area contributed by atoms with Crippen LogP contribution in [0, 0.1) is 0 Å². The van der Waals surface area contributed by atoms with E-state index in [4.69, 9.17) is 9.47 Å². The molecular formula is C27H26N2O3. The van der Waals surface area contributed by atoms with Gasteiger partial charge in [0.2, 0.25) is 0 Å². The molecule has 0 unspecified atom stereocenters. The van der Waals surface area contributed by atoms with Gasteiger partial charge in [0.15, 0.2) is 6.61 Å². The third-order valence-electron chi connectivity index (χ3n) is 5.95. The summed E-state index contributed by atoms with van der Waals surface area (Å²) in [6, 6.07) is 25.6. The first kappa shape index (κ1) is 20.2. The summed E-state index contributed by atoms with van der Waals surface area (Å²) in [5, 5.41) is 1.22. The van der Waals surface area contributed by atoms with Crippen LogP contribution in [-0.2, 0) is 11.2 Å². The van der Waals surface area contributed by atoms with Gasteiger partial charge in [0.25, 0.3) is 5.91 Å². The zero-order chi connectivity index (χ0) is 21.9. The number of para-hydroxylation sites is 2. The van der Waals surface area contributed by atoms with E-state index in [0.29, 0.717) is 18.9 Å². The molecule has 1 amide bonds. The number of rotatable bonds is 6. The Morgan fingerprint density at radius 1 is 0.969 bits per heavy atom. The summed E-state index contributed by atoms with van der Waals surface area (Å²) in [4.78, 5) is 18.9. The van der Waals surface area contributed by atoms with E-state index in [1.807, 2.05) is 66.4 Å². The first-order chi connectivity index (χ1) is 15.7. The number of nitrogens with zero attached hydrogens (tertiary/aromatic N) is 1. The number of ether oxygens (including phenoxy) is 2. The summed E-state index contributed by atoms with van der Waals surface area (Å²) in [7, 11) is 0. The fraction of sp³-hybridized carbons (Fsp3) is 0.222. The number of H-pyrrole nitrogens is 1. The third kappa shape index (κ3) is 3.82. The van der Waals surface area contributed by atoms with Crippen LogP contribution in [0.15, 0.2) is 78.9 Å². The van der Waals surface area contributed by atoms with E-state index in [1.54, 1.807) is 0 Å². The maximum absolute atomic E-state index is 13.3. The maximum atomic E-state index is 13.3. The van der Waals surface area contributed by atoms with E-state index >= 15 is 0 Å². The Balaban J connectivity index is 1.52. The van der Waals surface area contributed by atoms with Gasteiger partial charge in [0, 0.05) is 23.1 Å². The van der Waals surface area contributed by atoms with Crippen molar-refractivity contribution in [3.8, 4) is 11.5 Å². The summed E-state index contributed by atoms with van der Waals surface area (Å²) in [5.41, 5.74) is 4.47. The number of hydrogen-bond donors (Lipinski definition) is 1. The van der Waals surface area contributed by atoms with Crippen molar-refractivity contribution in [2.75, 3.05) is 19.8 Å². The molecular weight excluding hydrogens is 400 g/mol. The van der Waals surface area contributed by atoms with Crippen LogP contribution in [0.25, 0.3) is 10.9 Å². The van der Waals surface area contributed by atoms with E-state index < -0.39 is 0 Å². The van der Waals surface area contributed by atoms with Crippen LogP contribution in [0.3, 0.4) is 0 Å². The molecule has 1 aromatic heterocycles. The lowest BCUT2D eigenvalue weighted by Gasteiger charge is -2.36. The second-order valence-corrected chi connectivity index (χ2v) is 7.91. The van der Waals surface area contributed by atoms with Gasteiger partial charge in [0.1, 0.15) is 11.5 Å². The topological polar surface area (TPSA) is 54.6 Å². The number of benzene rings is 3. The Labute approximate surface area is 187 Å². The lowest BCUT2D eigenvalue weighted by molar-refractivity contribution is -0.135. The van der Waals surface area contributed by atoms with Gasteiger partial charge in [-0.05, 0) is 54.8 Å². The fourth-order valence-corrected chi connectivity index (χ4v) is 4.54. The second kappa shape index (κ2) is 8.79. The molecule has 0 spiro atoms. The van der Waals surface area contributed by atoms with Gasteiger partial charge in [-0.15, -0.1) is 0 Å². The molecule has 4 aromatic rings. The number of amides is 1. The monoisotopic (exact) mass is 426 g/mol. The number of nitrogens with one attached hydrogen (secondary N) is 1. The Kier molecular flexibility index (Phi) is 5.55. The van der Waals surface area contributed by atoms with Crippen molar-refractivity contribution in [2.45, 2.75) is 19.4 Å². The highest BCUT2D eigenvalue weighted by Gasteiger charge is 2.34. The first-order valence-electron chi connectivity index (χ1n) is 11.0. The molecule has 5 rings (SSSR count). The van der Waals surface area contributed by atoms with Crippen molar-refractivity contribution in [2.24, 2.45) is 0 Å². The Bertz CT molecular complexity index is 1230. The molecule has 0 fully saturated rings. The number of aromatic nitrogens is 1. The predicted molar refractivity (Wildman–Crippen MR) is 125 cm³/mol. The van der Waals surface area contributed by atoms with Crippen LogP contribution in [0.2, 0.25) is 0 Å². The van der Waals surface area contributed by atoms with Gasteiger partial charge in [-0.25, -0.2) is 0 Å². The number of carbonyl (C=O) groups excluding carboxylic acids is 1. The third-order valence-corrected chi connectivity index (χ3v) is 5.95. The molecule has 1 aliphatic heterocycles. The quantitative estimate of drug-likeness (QED) is 0.466. The van der Waals surface area contributed by atoms with E-state index in [0.717, 1.165) is 28.9 Å². The summed E-state index contributed by atoms with van der Waals surface area (Å²) in [6.45, 7) is 3.20. The SMILES string of the molecule is CCOc1cccc([C@H]2c3[nH]c4ccccc4c3CCN2C(=O)COc2ccccc2)c1. The minimum Gasteiger partial charge on any atom is -0.494 e. The maximum Gasteiger partial charge on any atom is 0.261 e. The number of aromatic amines is 1. The Hall–Kier alpha value is -3.73. The molecule has 2 heterocycles. The highest BCUT2D eigenvalue weighted by atomic mass is 16.5. The molecule has 1 atom stereocenters. The molecule has 0 saturated carbocycles. The van der Waals surface area contributed by atoms with E-state index in [1.165, 1.54) is 10.9 Å². The molecule has 162 valence electrons. The average molecular weight is 427 g/mol. The van der Waals surface area contributed by atoms with Crippen LogP contribution >= 0.6 is 0 Å². The van der Waals surface area contributed by atoms with Gasteiger partial charge in [0.05, 0.1) is 12.6 Å². The van der Waals surface area contributed by atoms with Gasteiger partial charge in [-0.3, -0.25) is 4.79 Å². The van der Waals surface area contributed by atoms with Crippen LogP contribution in [-0.4, -0.2) is 35.5 Å². The average Bonchev–Trinajstić information content (AvgIpc) is 3.22. The van der Waals surface area contributed by atoms with Crippen molar-refractivity contribution in [1.82, 2.24) is 9.88 Å². The second-order valence-electron chi connectivity index (χ2n) is 7.91. The smallest absolute Gasteiger partial charge is 0.261 e. The van der Waals surface area contributed by atoms with Crippen molar-refractivity contribution in [1.29, 1.82) is 0 Å². The molecule has 3 aromatic carbocycles. The molecule has 0 saturated heterocycles. The van der Waals surface area contributed by atoms with Gasteiger partial charge >= 0.3 is 0 Å². The number of fused-ring (bicyclic) bond motifs is 3. The van der Waals surface area contributed by atoms with Crippen LogP contribution in [0.4, 0.5) is 0 Å². The highest BCUT2D eigenvalue weighted by Crippen LogP contribution is 2.39. The zero-order valence-corrected chi connectivity index (χ0v) is 18.1. The van der Waals surface area contributed by atoms with E-state index in [9.17, 15) is 4.79 Å². The standard InChI is InChI=1S/C27H26N2O3/c1-2-31-21-12-8-9-19(17-21)27-26-23(22-13-6-7-14-24(22)28-26)15-16-29(27)25(30)18-32-20-10-4-3-5-11-20/h3-14,17,27-28H,2,15-16,18H2,1H3/t27-/m0/s1. The molecule has 0 radical (unpaired) electrons. The first-order valence-corrected chi connectivity index (χ1v) is 11.0. The zero-order valence-electron chi connectivity index (χ0n) is 18.1. The molecule has 5 heteroatoms. The van der Waals surface area contributed by atoms with Gasteiger partial charge in [-0.2, -0.15) is 0 Å². The molecule has 5 nitrogen and oxygen atoms in total. The van der Waals surface area contributed by atoms with Crippen molar-refractivity contribution in [3.63, 3.8) is 0 Å². The minimum absolute atomic E-state index is 0.00122. The molecule has 32 heavy (non-hydrogen) atoms. The summed E-state index contributed by atoms with van der Waals surface area (Å²) in [5.74, 6) is 1.46. The highest BCUT2D eigenvalue weighted by molar-refractivity contribution is 5.87. The predicted octanol–water partition coefficient (Wildman–Crippen LogP) is 5.12. The minimum atomic E-state index is -0.224. The number of carbonyl (C=O) groups is 1. The van der Waals surface area contributed by atoms with Crippen molar-refractivity contribution < 1.29 is 14.3 Å². The molecule has 0 bridgehead atoms. The van der Waals surface area contributed by atoms with E-state index in [2.05, 4.69) is 29.2 Å². The lowest BCUT2D eigenvalue weighted by Crippen LogP contribution is -2.42. The summed E-state index contributed by atoms with van der Waals surface area (Å²) in [6.07, 6.45) is 0.804. The van der Waals surface area contributed by atoms with Crippen molar-refractivity contribution >= 4 is 16.8 Å². The lowest BCUT2D eigenvalue weighted by atomic mass is 9.92. The van der Waals surface area contributed by atoms with Crippen LogP contribution in [0.1, 0.15) is 29.8 Å². The van der Waals surface area contributed by atoms with E-state index in [-0.39, 0.29) is 18.6 Å². The molecule has 0 aliphatic carbocycles. The van der Waals surface area contributed by atoms with Crippen LogP contribution in [0.5, 0.6) is 11.5 Å². The van der Waals surface area contributed by atoms with Gasteiger partial charge in [-0.1, -0.05) is 48.5 Å². The fourth-order valence-electron chi connectivity index (χ4n) is 4.54. The van der Waals surface area contributed by atoms with Crippen molar-refractivity contribution in [3.05, 3.63) is 95.7 Å². The van der Waals surface area contributed by atoms with Gasteiger partial charge < -0.3 is 19.4 Å². The molecule has 1 aliphatic rings.